The van der Waals surface area contributed by atoms with Gasteiger partial charge in [0.15, 0.2) is 0 Å². The van der Waals surface area contributed by atoms with Gasteiger partial charge in [0.1, 0.15) is 9.39 Å². The first-order valence-corrected chi connectivity index (χ1v) is 7.17. The van der Waals surface area contributed by atoms with Crippen LogP contribution in [0.2, 0.25) is 0 Å². The van der Waals surface area contributed by atoms with E-state index in [-0.39, 0.29) is 5.56 Å². The molecule has 1 N–H and O–H groups in total. The Kier molecular flexibility index (Phi) is 4.06. The zero-order valence-electron chi connectivity index (χ0n) is 10.2. The highest BCUT2D eigenvalue weighted by atomic mass is 127. The molecule has 1 aliphatic rings. The van der Waals surface area contributed by atoms with E-state index in [9.17, 15) is 4.79 Å². The van der Waals surface area contributed by atoms with Gasteiger partial charge in [0, 0.05) is 12.6 Å². The van der Waals surface area contributed by atoms with Crippen molar-refractivity contribution in [2.24, 2.45) is 5.92 Å². The topological polar surface area (TPSA) is 49.0 Å². The number of nitrogens with zero attached hydrogens (tertiary/aromatic N) is 2. The maximum absolute atomic E-state index is 11.6. The normalized spacial score (nSPS) is 15.3. The molecular weight excluding hydrogens is 329 g/mol. The molecule has 0 atom stereocenters. The minimum absolute atomic E-state index is 0.0363. The van der Waals surface area contributed by atoms with Crippen LogP contribution in [0.15, 0.2) is 11.1 Å². The first kappa shape index (κ1) is 12.9. The maximum Gasteiger partial charge on any atom is 0.266 e. The Balaban J connectivity index is 2.20. The Hall–Kier alpha value is -0.590. The Morgan fingerprint density at radius 1 is 1.59 bits per heavy atom. The predicted molar refractivity (Wildman–Crippen MR) is 77.4 cm³/mol. The Labute approximate surface area is 115 Å². The lowest BCUT2D eigenvalue weighted by molar-refractivity contribution is 0.567. The fraction of sp³-hybridized carbons (Fsp3) is 0.667. The quantitative estimate of drug-likeness (QED) is 0.832. The molecule has 1 saturated carbocycles. The van der Waals surface area contributed by atoms with Crippen molar-refractivity contribution in [2.45, 2.75) is 39.2 Å². The van der Waals surface area contributed by atoms with Crippen molar-refractivity contribution in [1.82, 2.24) is 9.97 Å². The van der Waals surface area contributed by atoms with E-state index in [2.05, 4.69) is 51.3 Å². The van der Waals surface area contributed by atoms with Crippen LogP contribution in [0.25, 0.3) is 0 Å². The molecule has 0 aromatic carbocycles. The minimum atomic E-state index is -0.0363. The summed E-state index contributed by atoms with van der Waals surface area (Å²) < 4.78 is 0.709. The number of H-pyrrole nitrogens is 1. The number of rotatable bonds is 5. The highest BCUT2D eigenvalue weighted by Crippen LogP contribution is 2.32. The number of anilines is 1. The SMILES string of the molecule is CC(C)CCN(c1nc[nH]c(=O)c1I)C1CC1. The van der Waals surface area contributed by atoms with Crippen molar-refractivity contribution < 1.29 is 0 Å². The summed E-state index contributed by atoms with van der Waals surface area (Å²) in [5.41, 5.74) is -0.0363. The number of hydrogen-bond donors (Lipinski definition) is 1. The van der Waals surface area contributed by atoms with Crippen LogP contribution in [-0.4, -0.2) is 22.6 Å². The van der Waals surface area contributed by atoms with Gasteiger partial charge in [-0.15, -0.1) is 0 Å². The number of hydrogen-bond acceptors (Lipinski definition) is 3. The lowest BCUT2D eigenvalue weighted by Gasteiger charge is -2.24. The van der Waals surface area contributed by atoms with Crippen molar-refractivity contribution in [3.63, 3.8) is 0 Å². The minimum Gasteiger partial charge on any atom is -0.353 e. The van der Waals surface area contributed by atoms with E-state index in [0.29, 0.717) is 15.5 Å². The third kappa shape index (κ3) is 3.20. The van der Waals surface area contributed by atoms with E-state index >= 15 is 0 Å². The van der Waals surface area contributed by atoms with Crippen LogP contribution in [0.1, 0.15) is 33.1 Å². The molecule has 2 rings (SSSR count). The zero-order valence-corrected chi connectivity index (χ0v) is 12.4. The van der Waals surface area contributed by atoms with Crippen LogP contribution < -0.4 is 10.5 Å². The standard InChI is InChI=1S/C12H18IN3O/c1-8(2)5-6-16(9-3-4-9)11-10(13)12(17)15-7-14-11/h7-9H,3-6H2,1-2H3,(H,14,15,17). The lowest BCUT2D eigenvalue weighted by Crippen LogP contribution is -2.31. The number of nitrogens with one attached hydrogen (secondary N) is 1. The molecule has 17 heavy (non-hydrogen) atoms. The van der Waals surface area contributed by atoms with E-state index in [1.54, 1.807) is 0 Å². The van der Waals surface area contributed by atoms with Crippen molar-refractivity contribution in [1.29, 1.82) is 0 Å². The molecule has 1 fully saturated rings. The molecule has 0 radical (unpaired) electrons. The molecule has 0 spiro atoms. The molecule has 0 aliphatic heterocycles. The molecule has 94 valence electrons. The van der Waals surface area contributed by atoms with Gasteiger partial charge in [-0.3, -0.25) is 4.79 Å². The summed E-state index contributed by atoms with van der Waals surface area (Å²) in [5.74, 6) is 1.54. The smallest absolute Gasteiger partial charge is 0.266 e. The molecule has 0 bridgehead atoms. The van der Waals surface area contributed by atoms with Crippen LogP contribution in [-0.2, 0) is 0 Å². The number of aromatic nitrogens is 2. The first-order chi connectivity index (χ1) is 8.09. The molecule has 0 amide bonds. The zero-order chi connectivity index (χ0) is 12.4. The molecule has 5 heteroatoms. The van der Waals surface area contributed by atoms with Crippen LogP contribution in [0.5, 0.6) is 0 Å². The van der Waals surface area contributed by atoms with Crippen molar-refractivity contribution >= 4 is 28.4 Å². The van der Waals surface area contributed by atoms with Crippen LogP contribution in [0, 0.1) is 9.49 Å². The van der Waals surface area contributed by atoms with Gasteiger partial charge in [0.05, 0.1) is 6.33 Å². The van der Waals surface area contributed by atoms with Gasteiger partial charge in [0.2, 0.25) is 0 Å². The maximum atomic E-state index is 11.6. The highest BCUT2D eigenvalue weighted by Gasteiger charge is 2.31. The van der Waals surface area contributed by atoms with Crippen molar-refractivity contribution in [3.8, 4) is 0 Å². The summed E-state index contributed by atoms with van der Waals surface area (Å²) in [4.78, 5) is 20.9. The summed E-state index contributed by atoms with van der Waals surface area (Å²) in [6.45, 7) is 5.44. The Morgan fingerprint density at radius 2 is 2.29 bits per heavy atom. The molecular formula is C12H18IN3O. The summed E-state index contributed by atoms with van der Waals surface area (Å²) in [7, 11) is 0. The van der Waals surface area contributed by atoms with Crippen LogP contribution in [0.4, 0.5) is 5.82 Å². The molecule has 1 heterocycles. The van der Waals surface area contributed by atoms with Gasteiger partial charge in [-0.1, -0.05) is 13.8 Å². The third-order valence-corrected chi connectivity index (χ3v) is 3.96. The summed E-state index contributed by atoms with van der Waals surface area (Å²) in [5, 5.41) is 0. The van der Waals surface area contributed by atoms with E-state index in [4.69, 9.17) is 0 Å². The van der Waals surface area contributed by atoms with E-state index in [0.717, 1.165) is 18.8 Å². The Morgan fingerprint density at radius 3 is 2.88 bits per heavy atom. The molecule has 0 unspecified atom stereocenters. The monoisotopic (exact) mass is 347 g/mol. The summed E-state index contributed by atoms with van der Waals surface area (Å²) in [6, 6.07) is 0.594. The number of aromatic amines is 1. The van der Waals surface area contributed by atoms with Gasteiger partial charge in [-0.05, 0) is 47.8 Å². The van der Waals surface area contributed by atoms with Gasteiger partial charge < -0.3 is 9.88 Å². The Bertz CT molecular complexity index is 440. The summed E-state index contributed by atoms with van der Waals surface area (Å²) in [6.07, 6.45) is 5.09. The highest BCUT2D eigenvalue weighted by molar-refractivity contribution is 14.1. The van der Waals surface area contributed by atoms with Gasteiger partial charge in [-0.2, -0.15) is 0 Å². The second-order valence-corrected chi connectivity index (χ2v) is 6.06. The van der Waals surface area contributed by atoms with Crippen molar-refractivity contribution in [3.05, 3.63) is 20.3 Å². The molecule has 1 aliphatic carbocycles. The first-order valence-electron chi connectivity index (χ1n) is 6.09. The molecule has 1 aromatic heterocycles. The third-order valence-electron chi connectivity index (χ3n) is 2.99. The predicted octanol–water partition coefficient (Wildman–Crippen LogP) is 2.39. The van der Waals surface area contributed by atoms with E-state index in [1.165, 1.54) is 19.2 Å². The average molecular weight is 347 g/mol. The number of halogens is 1. The van der Waals surface area contributed by atoms with Gasteiger partial charge in [-0.25, -0.2) is 4.98 Å². The van der Waals surface area contributed by atoms with E-state index < -0.39 is 0 Å². The summed E-state index contributed by atoms with van der Waals surface area (Å²) >= 11 is 2.09. The molecule has 0 saturated heterocycles. The van der Waals surface area contributed by atoms with Crippen LogP contribution in [0.3, 0.4) is 0 Å². The van der Waals surface area contributed by atoms with Gasteiger partial charge >= 0.3 is 0 Å². The second kappa shape index (κ2) is 5.37. The van der Waals surface area contributed by atoms with Crippen LogP contribution >= 0.6 is 22.6 Å². The molecule has 1 aromatic rings. The lowest BCUT2D eigenvalue weighted by atomic mass is 10.1. The fourth-order valence-corrected chi connectivity index (χ4v) is 2.42. The average Bonchev–Trinajstić information content (AvgIpc) is 3.08. The van der Waals surface area contributed by atoms with E-state index in [1.807, 2.05) is 0 Å². The van der Waals surface area contributed by atoms with Gasteiger partial charge in [0.25, 0.3) is 5.56 Å². The largest absolute Gasteiger partial charge is 0.353 e. The van der Waals surface area contributed by atoms with Crippen molar-refractivity contribution in [2.75, 3.05) is 11.4 Å². The molecule has 4 nitrogen and oxygen atoms in total. The fourth-order valence-electron chi connectivity index (χ4n) is 1.82. The second-order valence-electron chi connectivity index (χ2n) is 4.98.